The van der Waals surface area contributed by atoms with Crippen LogP contribution in [0.3, 0.4) is 0 Å². The Kier molecular flexibility index (Phi) is 4.07. The van der Waals surface area contributed by atoms with Crippen molar-refractivity contribution >= 4 is 33.2 Å². The smallest absolute Gasteiger partial charge is 0.311 e. The van der Waals surface area contributed by atoms with E-state index in [1.807, 2.05) is 19.1 Å². The Morgan fingerprint density at radius 2 is 1.95 bits per heavy atom. The molecule has 0 aliphatic rings. The summed E-state index contributed by atoms with van der Waals surface area (Å²) in [4.78, 5) is 10.4. The lowest BCUT2D eigenvalue weighted by molar-refractivity contribution is -0.385. The Morgan fingerprint density at radius 3 is 2.58 bits per heavy atom. The molecular weight excluding hydrogens is 334 g/mol. The molecule has 4 nitrogen and oxygen atoms in total. The molecule has 2 rings (SSSR count). The van der Waals surface area contributed by atoms with Gasteiger partial charge >= 0.3 is 5.69 Å². The third-order valence-electron chi connectivity index (χ3n) is 2.43. The fourth-order valence-corrected chi connectivity index (χ4v) is 2.26. The summed E-state index contributed by atoms with van der Waals surface area (Å²) >= 11 is 9.20. The predicted molar refractivity (Wildman–Crippen MR) is 77.1 cm³/mol. The highest BCUT2D eigenvalue weighted by Gasteiger charge is 2.17. The SMILES string of the molecule is Cc1ccc(Oc2cc(Cl)ccc2[N+](=O)[O-])c(Br)c1. The summed E-state index contributed by atoms with van der Waals surface area (Å²) in [7, 11) is 0. The van der Waals surface area contributed by atoms with Gasteiger partial charge in [0.2, 0.25) is 5.75 Å². The van der Waals surface area contributed by atoms with Gasteiger partial charge < -0.3 is 4.74 Å². The summed E-state index contributed by atoms with van der Waals surface area (Å²) in [6, 6.07) is 9.66. The highest BCUT2D eigenvalue weighted by molar-refractivity contribution is 9.10. The quantitative estimate of drug-likeness (QED) is 0.575. The molecule has 0 atom stereocenters. The molecule has 0 radical (unpaired) electrons. The molecule has 0 amide bonds. The van der Waals surface area contributed by atoms with Crippen molar-refractivity contribution in [3.63, 3.8) is 0 Å². The van der Waals surface area contributed by atoms with Crippen molar-refractivity contribution < 1.29 is 9.66 Å². The van der Waals surface area contributed by atoms with E-state index in [4.69, 9.17) is 16.3 Å². The van der Waals surface area contributed by atoms with E-state index in [1.165, 1.54) is 18.2 Å². The Balaban J connectivity index is 2.42. The number of hydrogen-bond donors (Lipinski definition) is 0. The van der Waals surface area contributed by atoms with E-state index in [9.17, 15) is 10.1 Å². The van der Waals surface area contributed by atoms with Crippen LogP contribution < -0.4 is 4.74 Å². The maximum Gasteiger partial charge on any atom is 0.311 e. The zero-order valence-electron chi connectivity index (χ0n) is 9.89. The monoisotopic (exact) mass is 341 g/mol. The Hall–Kier alpha value is -1.59. The van der Waals surface area contributed by atoms with Crippen molar-refractivity contribution in [2.75, 3.05) is 0 Å². The molecular formula is C13H9BrClNO3. The largest absolute Gasteiger partial charge is 0.449 e. The molecule has 0 fully saturated rings. The van der Waals surface area contributed by atoms with Gasteiger partial charge in [-0.05, 0) is 46.6 Å². The molecule has 0 N–H and O–H groups in total. The lowest BCUT2D eigenvalue weighted by atomic mass is 10.2. The number of aryl methyl sites for hydroxylation is 1. The third kappa shape index (κ3) is 3.24. The number of ether oxygens (including phenoxy) is 1. The molecule has 0 aliphatic carbocycles. The second kappa shape index (κ2) is 5.59. The van der Waals surface area contributed by atoms with E-state index >= 15 is 0 Å². The first-order valence-electron chi connectivity index (χ1n) is 5.35. The number of nitro groups is 1. The Bertz CT molecular complexity index is 646. The minimum atomic E-state index is -0.506. The second-order valence-corrected chi connectivity index (χ2v) is 5.20. The van der Waals surface area contributed by atoms with Crippen LogP contribution >= 0.6 is 27.5 Å². The van der Waals surface area contributed by atoms with E-state index in [-0.39, 0.29) is 11.4 Å². The zero-order chi connectivity index (χ0) is 14.0. The number of halogens is 2. The lowest BCUT2D eigenvalue weighted by Crippen LogP contribution is -1.94. The van der Waals surface area contributed by atoms with Crippen molar-refractivity contribution in [3.05, 3.63) is 61.6 Å². The summed E-state index contributed by atoms with van der Waals surface area (Å²) in [5, 5.41) is 11.3. The van der Waals surface area contributed by atoms with Crippen LogP contribution in [0, 0.1) is 17.0 Å². The molecule has 19 heavy (non-hydrogen) atoms. The summed E-state index contributed by atoms with van der Waals surface area (Å²) in [5.74, 6) is 0.609. The van der Waals surface area contributed by atoms with Crippen molar-refractivity contribution in [1.29, 1.82) is 0 Å². The number of hydrogen-bond acceptors (Lipinski definition) is 3. The third-order valence-corrected chi connectivity index (χ3v) is 3.28. The number of rotatable bonds is 3. The number of benzene rings is 2. The van der Waals surface area contributed by atoms with Gasteiger partial charge in [-0.2, -0.15) is 0 Å². The van der Waals surface area contributed by atoms with Crippen LogP contribution in [-0.4, -0.2) is 4.92 Å². The van der Waals surface area contributed by atoms with E-state index in [1.54, 1.807) is 6.07 Å². The molecule has 98 valence electrons. The number of nitro benzene ring substituents is 1. The molecule has 0 heterocycles. The average Bonchev–Trinajstić information content (AvgIpc) is 2.32. The lowest BCUT2D eigenvalue weighted by Gasteiger charge is -2.09. The molecule has 6 heteroatoms. The van der Waals surface area contributed by atoms with Crippen LogP contribution in [0.4, 0.5) is 5.69 Å². The van der Waals surface area contributed by atoms with Crippen molar-refractivity contribution in [2.45, 2.75) is 6.92 Å². The van der Waals surface area contributed by atoms with Crippen molar-refractivity contribution in [3.8, 4) is 11.5 Å². The Morgan fingerprint density at radius 1 is 1.21 bits per heavy atom. The summed E-state index contributed by atoms with van der Waals surface area (Å²) in [5.41, 5.74) is 0.927. The maximum atomic E-state index is 10.9. The van der Waals surface area contributed by atoms with Gasteiger partial charge in [0, 0.05) is 17.2 Å². The van der Waals surface area contributed by atoms with Gasteiger partial charge in [-0.3, -0.25) is 10.1 Å². The van der Waals surface area contributed by atoms with E-state index < -0.39 is 4.92 Å². The van der Waals surface area contributed by atoms with Crippen LogP contribution in [0.25, 0.3) is 0 Å². The second-order valence-electron chi connectivity index (χ2n) is 3.91. The van der Waals surface area contributed by atoms with E-state index in [0.29, 0.717) is 10.8 Å². The molecule has 0 saturated heterocycles. The summed E-state index contributed by atoms with van der Waals surface area (Å²) in [6.07, 6.45) is 0. The van der Waals surface area contributed by atoms with Gasteiger partial charge in [-0.1, -0.05) is 17.7 Å². The summed E-state index contributed by atoms with van der Waals surface area (Å²) in [6.45, 7) is 1.94. The molecule has 0 bridgehead atoms. The van der Waals surface area contributed by atoms with Crippen LogP contribution in [0.2, 0.25) is 5.02 Å². The average molecular weight is 343 g/mol. The maximum absolute atomic E-state index is 10.9. The van der Waals surface area contributed by atoms with E-state index in [2.05, 4.69) is 15.9 Å². The predicted octanol–water partition coefficient (Wildman–Crippen LogP) is 5.11. The normalized spacial score (nSPS) is 10.3. The topological polar surface area (TPSA) is 52.4 Å². The van der Waals surface area contributed by atoms with Crippen LogP contribution in [0.5, 0.6) is 11.5 Å². The minimum Gasteiger partial charge on any atom is -0.449 e. The standard InChI is InChI=1S/C13H9BrClNO3/c1-8-2-5-12(10(14)6-8)19-13-7-9(15)3-4-11(13)16(17)18/h2-7H,1H3. The van der Waals surface area contributed by atoms with E-state index in [0.717, 1.165) is 10.0 Å². The molecule has 0 aromatic heterocycles. The van der Waals surface area contributed by atoms with Crippen LogP contribution in [0.15, 0.2) is 40.9 Å². The van der Waals surface area contributed by atoms with Crippen molar-refractivity contribution in [1.82, 2.24) is 0 Å². The highest BCUT2D eigenvalue weighted by Crippen LogP contribution is 2.36. The molecule has 2 aromatic carbocycles. The first-order chi connectivity index (χ1) is 8.97. The fourth-order valence-electron chi connectivity index (χ4n) is 1.53. The molecule has 0 aliphatic heterocycles. The highest BCUT2D eigenvalue weighted by atomic mass is 79.9. The first kappa shape index (κ1) is 13.8. The van der Waals surface area contributed by atoms with Crippen LogP contribution in [-0.2, 0) is 0 Å². The number of nitrogens with zero attached hydrogens (tertiary/aromatic N) is 1. The van der Waals surface area contributed by atoms with Gasteiger partial charge in [-0.15, -0.1) is 0 Å². The van der Waals surface area contributed by atoms with Crippen LogP contribution in [0.1, 0.15) is 5.56 Å². The zero-order valence-corrected chi connectivity index (χ0v) is 12.2. The molecule has 0 spiro atoms. The summed E-state index contributed by atoms with van der Waals surface area (Å²) < 4.78 is 6.29. The molecule has 0 unspecified atom stereocenters. The fraction of sp³-hybridized carbons (Fsp3) is 0.0769. The van der Waals surface area contributed by atoms with Gasteiger partial charge in [0.25, 0.3) is 0 Å². The van der Waals surface area contributed by atoms with Gasteiger partial charge in [-0.25, -0.2) is 0 Å². The van der Waals surface area contributed by atoms with Gasteiger partial charge in [0.05, 0.1) is 9.40 Å². The van der Waals surface area contributed by atoms with Crippen molar-refractivity contribution in [2.24, 2.45) is 0 Å². The van der Waals surface area contributed by atoms with Gasteiger partial charge in [0.1, 0.15) is 5.75 Å². The van der Waals surface area contributed by atoms with Gasteiger partial charge in [0.15, 0.2) is 0 Å². The molecule has 2 aromatic rings. The molecule has 0 saturated carbocycles. The first-order valence-corrected chi connectivity index (χ1v) is 6.52. The Labute approximate surface area is 123 Å². The minimum absolute atomic E-state index is 0.113.